The summed E-state index contributed by atoms with van der Waals surface area (Å²) in [5.74, 6) is -1.74. The number of alkyl halides is 1. The molecule has 0 saturated heterocycles. The Kier molecular flexibility index (Phi) is 12.3. The second kappa shape index (κ2) is 13.9. The van der Waals surface area contributed by atoms with Crippen molar-refractivity contribution in [3.05, 3.63) is 35.4 Å². The molecule has 1 rings (SSSR count). The number of nitrogens with one attached hydrogen (secondary N) is 1. The van der Waals surface area contributed by atoms with Gasteiger partial charge in [-0.15, -0.1) is 0 Å². The van der Waals surface area contributed by atoms with E-state index < -0.39 is 53.0 Å². The molecule has 8 heteroatoms. The Labute approximate surface area is 228 Å². The first-order valence-electron chi connectivity index (χ1n) is 13.4. The molecular formula is C30H48FNO6. The van der Waals surface area contributed by atoms with Gasteiger partial charge in [0.15, 0.2) is 0 Å². The average molecular weight is 538 g/mol. The van der Waals surface area contributed by atoms with Crippen LogP contribution < -0.4 is 5.32 Å². The molecular weight excluding hydrogens is 489 g/mol. The molecule has 216 valence electrons. The van der Waals surface area contributed by atoms with Crippen LogP contribution in [0, 0.1) is 5.92 Å². The van der Waals surface area contributed by atoms with Crippen molar-refractivity contribution in [3.8, 4) is 0 Å². The topological polar surface area (TPSA) is 90.9 Å². The quantitative estimate of drug-likeness (QED) is 0.256. The fraction of sp³-hybridized carbons (Fsp3) is 0.700. The lowest BCUT2D eigenvalue weighted by Gasteiger charge is -2.29. The molecule has 0 fully saturated rings. The number of ether oxygens (including phenoxy) is 3. The van der Waals surface area contributed by atoms with E-state index in [4.69, 9.17) is 14.2 Å². The highest BCUT2D eigenvalue weighted by molar-refractivity contribution is 5.83. The van der Waals surface area contributed by atoms with Crippen molar-refractivity contribution in [2.75, 3.05) is 0 Å². The molecule has 1 amide bonds. The van der Waals surface area contributed by atoms with E-state index in [0.717, 1.165) is 11.1 Å². The summed E-state index contributed by atoms with van der Waals surface area (Å²) in [6, 6.07) is 6.67. The first kappa shape index (κ1) is 33.4. The van der Waals surface area contributed by atoms with Crippen LogP contribution in [0.2, 0.25) is 0 Å². The predicted octanol–water partition coefficient (Wildman–Crippen LogP) is 6.49. The highest BCUT2D eigenvalue weighted by Crippen LogP contribution is 2.23. The van der Waals surface area contributed by atoms with Crippen molar-refractivity contribution < 1.29 is 33.0 Å². The molecule has 0 heterocycles. The molecule has 0 radical (unpaired) electrons. The van der Waals surface area contributed by atoms with Crippen LogP contribution in [0.5, 0.6) is 0 Å². The highest BCUT2D eigenvalue weighted by Gasteiger charge is 2.34. The van der Waals surface area contributed by atoms with Gasteiger partial charge in [0.05, 0.1) is 5.92 Å². The van der Waals surface area contributed by atoms with Crippen molar-refractivity contribution in [1.82, 2.24) is 5.32 Å². The van der Waals surface area contributed by atoms with Crippen molar-refractivity contribution in [3.63, 3.8) is 0 Å². The number of carbonyl (C=O) groups excluding carboxylic acids is 3. The number of amides is 1. The summed E-state index contributed by atoms with van der Waals surface area (Å²) in [5, 5.41) is 2.60. The van der Waals surface area contributed by atoms with Gasteiger partial charge in [0, 0.05) is 6.42 Å². The minimum absolute atomic E-state index is 0.0103. The molecule has 0 aliphatic heterocycles. The monoisotopic (exact) mass is 537 g/mol. The number of esters is 2. The van der Waals surface area contributed by atoms with Crippen LogP contribution in [0.1, 0.15) is 99.6 Å². The standard InChI is InChI=1S/C30H48FNO6/c1-20(31)18-22-16-14-21(15-17-22)12-11-13-23(25(33)36-28(2,3)4)19-24(26(34)37-29(5,6)7)32-27(35)38-30(8,9)10/h14-17,20,23-24H,11-13,18-19H2,1-10H3,(H,32,35). The summed E-state index contributed by atoms with van der Waals surface area (Å²) >= 11 is 0. The molecule has 1 N–H and O–H groups in total. The highest BCUT2D eigenvalue weighted by atomic mass is 19.1. The molecule has 0 spiro atoms. The summed E-state index contributed by atoms with van der Waals surface area (Å²) in [5.41, 5.74) is -0.246. The summed E-state index contributed by atoms with van der Waals surface area (Å²) in [6.07, 6.45) is 0.501. The van der Waals surface area contributed by atoms with Crippen LogP contribution >= 0.6 is 0 Å². The van der Waals surface area contributed by atoms with Gasteiger partial charge in [-0.2, -0.15) is 0 Å². The first-order valence-corrected chi connectivity index (χ1v) is 13.4. The summed E-state index contributed by atoms with van der Waals surface area (Å²) in [6.45, 7) is 17.3. The lowest BCUT2D eigenvalue weighted by atomic mass is 9.92. The number of benzene rings is 1. The molecule has 7 nitrogen and oxygen atoms in total. The van der Waals surface area contributed by atoms with Gasteiger partial charge in [-0.1, -0.05) is 24.3 Å². The second-order valence-corrected chi connectivity index (χ2v) is 12.9. The molecule has 0 saturated carbocycles. The zero-order valence-corrected chi connectivity index (χ0v) is 24.9. The lowest BCUT2D eigenvalue weighted by Crippen LogP contribution is -2.47. The second-order valence-electron chi connectivity index (χ2n) is 12.9. The van der Waals surface area contributed by atoms with Crippen molar-refractivity contribution in [2.24, 2.45) is 5.92 Å². The van der Waals surface area contributed by atoms with E-state index in [-0.39, 0.29) is 6.42 Å². The van der Waals surface area contributed by atoms with Gasteiger partial charge in [-0.05, 0) is 106 Å². The number of hydrogen-bond donors (Lipinski definition) is 1. The van der Waals surface area contributed by atoms with Gasteiger partial charge in [0.2, 0.25) is 0 Å². The zero-order valence-electron chi connectivity index (χ0n) is 24.9. The Hall–Kier alpha value is -2.64. The number of halogens is 1. The zero-order chi connectivity index (χ0) is 29.3. The fourth-order valence-corrected chi connectivity index (χ4v) is 3.76. The van der Waals surface area contributed by atoms with Gasteiger partial charge >= 0.3 is 18.0 Å². The Morgan fingerprint density at radius 2 is 1.26 bits per heavy atom. The summed E-state index contributed by atoms with van der Waals surface area (Å²) in [7, 11) is 0. The molecule has 0 aromatic heterocycles. The Morgan fingerprint density at radius 1 is 0.789 bits per heavy atom. The van der Waals surface area contributed by atoms with E-state index in [1.807, 2.05) is 24.3 Å². The van der Waals surface area contributed by atoms with Gasteiger partial charge < -0.3 is 19.5 Å². The lowest BCUT2D eigenvalue weighted by molar-refractivity contribution is -0.163. The summed E-state index contributed by atoms with van der Waals surface area (Å²) in [4.78, 5) is 38.7. The van der Waals surface area contributed by atoms with E-state index in [2.05, 4.69) is 5.32 Å². The number of aryl methyl sites for hydroxylation is 1. The fourth-order valence-electron chi connectivity index (χ4n) is 3.76. The third-order valence-electron chi connectivity index (χ3n) is 5.20. The van der Waals surface area contributed by atoms with Gasteiger partial charge in [-0.3, -0.25) is 4.79 Å². The minimum Gasteiger partial charge on any atom is -0.460 e. The number of hydrogen-bond acceptors (Lipinski definition) is 6. The van der Waals surface area contributed by atoms with Gasteiger partial charge in [0.1, 0.15) is 29.0 Å². The molecule has 38 heavy (non-hydrogen) atoms. The van der Waals surface area contributed by atoms with E-state index in [9.17, 15) is 18.8 Å². The number of rotatable bonds is 11. The van der Waals surface area contributed by atoms with Crippen LogP contribution in [-0.2, 0) is 36.6 Å². The van der Waals surface area contributed by atoms with Crippen molar-refractivity contribution >= 4 is 18.0 Å². The average Bonchev–Trinajstić information content (AvgIpc) is 2.69. The molecule has 0 aliphatic carbocycles. The largest absolute Gasteiger partial charge is 0.460 e. The minimum atomic E-state index is -1.09. The molecule has 3 unspecified atom stereocenters. The maximum absolute atomic E-state index is 13.3. The van der Waals surface area contributed by atoms with E-state index in [1.165, 1.54) is 6.92 Å². The SMILES string of the molecule is CC(F)Cc1ccc(CCCC(CC(NC(=O)OC(C)(C)C)C(=O)OC(C)(C)C)C(=O)OC(C)(C)C)cc1. The maximum atomic E-state index is 13.3. The Balaban J connectivity index is 3.05. The maximum Gasteiger partial charge on any atom is 0.408 e. The Morgan fingerprint density at radius 3 is 1.74 bits per heavy atom. The van der Waals surface area contributed by atoms with E-state index in [1.54, 1.807) is 62.3 Å². The molecule has 0 aliphatic rings. The van der Waals surface area contributed by atoms with Crippen LogP contribution in [0.15, 0.2) is 24.3 Å². The van der Waals surface area contributed by atoms with Crippen LogP contribution in [-0.4, -0.2) is 47.0 Å². The first-order chi connectivity index (χ1) is 17.2. The summed E-state index contributed by atoms with van der Waals surface area (Å²) < 4.78 is 29.8. The molecule has 0 bridgehead atoms. The van der Waals surface area contributed by atoms with E-state index >= 15 is 0 Å². The van der Waals surface area contributed by atoms with Crippen LogP contribution in [0.3, 0.4) is 0 Å². The number of carbonyl (C=O) groups is 3. The van der Waals surface area contributed by atoms with Crippen molar-refractivity contribution in [1.29, 1.82) is 0 Å². The third-order valence-corrected chi connectivity index (χ3v) is 5.20. The van der Waals surface area contributed by atoms with Crippen LogP contribution in [0.25, 0.3) is 0 Å². The molecule has 1 aromatic rings. The molecule has 3 atom stereocenters. The van der Waals surface area contributed by atoms with Gasteiger partial charge in [0.25, 0.3) is 0 Å². The van der Waals surface area contributed by atoms with E-state index in [0.29, 0.717) is 25.7 Å². The number of alkyl carbamates (subject to hydrolysis) is 1. The van der Waals surface area contributed by atoms with Gasteiger partial charge in [-0.25, -0.2) is 14.0 Å². The third kappa shape index (κ3) is 14.9. The Bertz CT molecular complexity index is 907. The smallest absolute Gasteiger partial charge is 0.408 e. The normalized spacial score (nSPS) is 14.7. The molecule has 1 aromatic carbocycles. The predicted molar refractivity (Wildman–Crippen MR) is 147 cm³/mol. The van der Waals surface area contributed by atoms with Crippen LogP contribution in [0.4, 0.5) is 9.18 Å². The van der Waals surface area contributed by atoms with Crippen molar-refractivity contribution in [2.45, 2.75) is 130 Å².